The molecule has 2 N–H and O–H groups in total. The highest BCUT2D eigenvalue weighted by molar-refractivity contribution is 8.00. The second-order valence-electron chi connectivity index (χ2n) is 8.91. The number of nitrogens with one attached hydrogen (secondary N) is 2. The zero-order valence-electron chi connectivity index (χ0n) is 20.6. The molecule has 13 heteroatoms. The van der Waals surface area contributed by atoms with Crippen molar-refractivity contribution in [1.29, 1.82) is 0 Å². The number of β-lactam (4-membered cyclic amide) rings is 1. The van der Waals surface area contributed by atoms with Crippen molar-refractivity contribution in [3.8, 4) is 0 Å². The normalized spacial score (nSPS) is 22.2. The number of carbonyl (C=O) groups excluding carboxylic acids is 4. The van der Waals surface area contributed by atoms with Gasteiger partial charge in [-0.3, -0.25) is 19.3 Å². The average molecular weight is 549 g/mol. The number of fused-ring (bicyclic) bond motifs is 1. The van der Waals surface area contributed by atoms with Crippen LogP contribution in [-0.2, 0) is 30.6 Å². The molecule has 5 rings (SSSR count). The number of hydrogen-bond acceptors (Lipinski definition) is 9. The summed E-state index contributed by atoms with van der Waals surface area (Å²) in [4.78, 5) is 60.4. The summed E-state index contributed by atoms with van der Waals surface area (Å²) in [5.74, 6) is -2.21. The Labute approximate surface area is 227 Å². The molecular formula is C26H24N6O6S. The van der Waals surface area contributed by atoms with Crippen LogP contribution in [0, 0.1) is 0 Å². The van der Waals surface area contributed by atoms with E-state index in [4.69, 9.17) is 4.84 Å². The van der Waals surface area contributed by atoms with Gasteiger partial charge in [0.05, 0.1) is 11.7 Å². The van der Waals surface area contributed by atoms with Crippen LogP contribution in [0.25, 0.3) is 0 Å². The summed E-state index contributed by atoms with van der Waals surface area (Å²) >= 11 is 1.35. The fourth-order valence-electron chi connectivity index (χ4n) is 4.49. The number of pyridine rings is 2. The van der Waals surface area contributed by atoms with Crippen LogP contribution in [0.3, 0.4) is 0 Å². The molecule has 3 amide bonds. The number of thioether (sulfide) groups is 1. The number of rotatable bonds is 10. The van der Waals surface area contributed by atoms with E-state index >= 15 is 0 Å². The highest BCUT2D eigenvalue weighted by Gasteiger charge is 2.53. The SMILES string of the molecule is O=CNc1cccc(C(=NOC2C=CCC2)C(=O)NC2C(=O)N3C(C(=O)[O-])=C(C[n+]4ccccc4)CS[C@H]23)n1. The summed E-state index contributed by atoms with van der Waals surface area (Å²) in [6, 6.07) is 9.16. The van der Waals surface area contributed by atoms with E-state index in [1.807, 2.05) is 34.9 Å². The van der Waals surface area contributed by atoms with Gasteiger partial charge in [0.15, 0.2) is 24.7 Å². The van der Waals surface area contributed by atoms with Crippen molar-refractivity contribution in [1.82, 2.24) is 15.2 Å². The Morgan fingerprint density at radius 2 is 2.08 bits per heavy atom. The molecule has 12 nitrogen and oxygen atoms in total. The van der Waals surface area contributed by atoms with Crippen LogP contribution >= 0.6 is 11.8 Å². The molecule has 39 heavy (non-hydrogen) atoms. The number of carboxylic acids is 1. The molecule has 2 aromatic heterocycles. The van der Waals surface area contributed by atoms with Gasteiger partial charge in [-0.05, 0) is 31.1 Å². The molecule has 4 heterocycles. The Morgan fingerprint density at radius 1 is 1.26 bits per heavy atom. The topological polar surface area (TPSA) is 157 Å². The first-order valence-corrected chi connectivity index (χ1v) is 13.2. The number of aliphatic carboxylic acids is 1. The number of allylic oxidation sites excluding steroid dienone is 1. The van der Waals surface area contributed by atoms with Crippen LogP contribution in [0.4, 0.5) is 5.82 Å². The maximum Gasteiger partial charge on any atom is 0.276 e. The molecule has 1 fully saturated rings. The Morgan fingerprint density at radius 3 is 2.79 bits per heavy atom. The van der Waals surface area contributed by atoms with Gasteiger partial charge in [0.1, 0.15) is 29.0 Å². The quantitative estimate of drug-likeness (QED) is 0.100. The number of amides is 3. The molecule has 0 aromatic carbocycles. The monoisotopic (exact) mass is 548 g/mol. The lowest BCUT2D eigenvalue weighted by molar-refractivity contribution is -0.689. The predicted molar refractivity (Wildman–Crippen MR) is 137 cm³/mol. The molecule has 3 aliphatic rings. The van der Waals surface area contributed by atoms with E-state index in [1.165, 1.54) is 17.8 Å². The molecule has 200 valence electrons. The fourth-order valence-corrected chi connectivity index (χ4v) is 5.82. The van der Waals surface area contributed by atoms with Crippen molar-refractivity contribution in [3.05, 3.63) is 77.9 Å². The minimum absolute atomic E-state index is 0.124. The van der Waals surface area contributed by atoms with Crippen LogP contribution in [0.5, 0.6) is 0 Å². The number of nitrogens with zero attached hydrogens (tertiary/aromatic N) is 4. The molecular weight excluding hydrogens is 524 g/mol. The van der Waals surface area contributed by atoms with Crippen molar-refractivity contribution >= 4 is 47.5 Å². The van der Waals surface area contributed by atoms with E-state index < -0.39 is 29.2 Å². The number of aromatic nitrogens is 2. The van der Waals surface area contributed by atoms with Gasteiger partial charge in [0.2, 0.25) is 6.41 Å². The number of oxime groups is 1. The second kappa shape index (κ2) is 11.5. The average Bonchev–Trinajstić information content (AvgIpc) is 3.46. The van der Waals surface area contributed by atoms with Gasteiger partial charge in [-0.1, -0.05) is 23.4 Å². The third kappa shape index (κ3) is 5.53. The van der Waals surface area contributed by atoms with Crippen molar-refractivity contribution in [2.75, 3.05) is 11.1 Å². The van der Waals surface area contributed by atoms with Crippen LogP contribution in [-0.4, -0.2) is 63.1 Å². The summed E-state index contributed by atoms with van der Waals surface area (Å²) < 4.78 is 1.81. The van der Waals surface area contributed by atoms with E-state index in [0.29, 0.717) is 24.2 Å². The zero-order chi connectivity index (χ0) is 27.4. The lowest BCUT2D eigenvalue weighted by atomic mass is 10.0. The van der Waals surface area contributed by atoms with Crippen LogP contribution in [0.15, 0.2) is 77.4 Å². The molecule has 2 unspecified atom stereocenters. The Kier molecular flexibility index (Phi) is 7.68. The molecule has 0 spiro atoms. The smallest absolute Gasteiger partial charge is 0.276 e. The maximum absolute atomic E-state index is 13.4. The van der Waals surface area contributed by atoms with Gasteiger partial charge in [0, 0.05) is 23.5 Å². The number of carbonyl (C=O) groups is 4. The standard InChI is InChI=1S/C26H24N6O6S/c33-15-27-19-10-6-9-18(28-19)20(30-38-17-7-2-3-8-17)23(34)29-21-24(35)32-22(26(36)37)16(14-39-25(21)32)13-31-11-4-1-5-12-31/h1-2,4-7,9-12,15,17,21,25H,3,8,13-14H2,(H2-,27,28,29,33,34,36,37)/t17?,21?,25-/m1/s1. The van der Waals surface area contributed by atoms with Crippen molar-refractivity contribution in [3.63, 3.8) is 0 Å². The predicted octanol–water partition coefficient (Wildman–Crippen LogP) is -0.519. The second-order valence-corrected chi connectivity index (χ2v) is 10.0. The fraction of sp³-hybridized carbons (Fsp3) is 0.269. The highest BCUT2D eigenvalue weighted by atomic mass is 32.2. The van der Waals surface area contributed by atoms with E-state index in [9.17, 15) is 24.3 Å². The number of anilines is 1. The van der Waals surface area contributed by atoms with E-state index in [0.717, 1.165) is 11.3 Å². The highest BCUT2D eigenvalue weighted by Crippen LogP contribution is 2.40. The molecule has 0 bridgehead atoms. The summed E-state index contributed by atoms with van der Waals surface area (Å²) in [6.45, 7) is 0.283. The van der Waals surface area contributed by atoms with Gasteiger partial charge in [0.25, 0.3) is 11.8 Å². The van der Waals surface area contributed by atoms with Gasteiger partial charge in [-0.15, -0.1) is 11.8 Å². The third-order valence-electron chi connectivity index (χ3n) is 6.34. The van der Waals surface area contributed by atoms with E-state index in [1.54, 1.807) is 24.5 Å². The minimum Gasteiger partial charge on any atom is -0.543 e. The zero-order valence-corrected chi connectivity index (χ0v) is 21.4. The van der Waals surface area contributed by atoms with Crippen LogP contribution in [0.2, 0.25) is 0 Å². The number of hydrogen-bond donors (Lipinski definition) is 2. The first-order chi connectivity index (χ1) is 19.0. The van der Waals surface area contributed by atoms with Crippen molar-refractivity contribution < 1.29 is 33.7 Å². The lowest BCUT2D eigenvalue weighted by Gasteiger charge is -2.50. The summed E-state index contributed by atoms with van der Waals surface area (Å²) in [6.07, 6.45) is 9.06. The number of carboxylic acid groups (broad SMARTS) is 1. The van der Waals surface area contributed by atoms with E-state index in [-0.39, 0.29) is 35.6 Å². The van der Waals surface area contributed by atoms with Gasteiger partial charge in [-0.25, -0.2) is 9.55 Å². The summed E-state index contributed by atoms with van der Waals surface area (Å²) in [7, 11) is 0. The minimum atomic E-state index is -1.45. The molecule has 0 radical (unpaired) electrons. The molecule has 2 aromatic rings. The lowest BCUT2D eigenvalue weighted by Crippen LogP contribution is -2.71. The van der Waals surface area contributed by atoms with Crippen molar-refractivity contribution in [2.45, 2.75) is 36.9 Å². The van der Waals surface area contributed by atoms with Gasteiger partial charge in [-0.2, -0.15) is 0 Å². The van der Waals surface area contributed by atoms with Crippen LogP contribution in [0.1, 0.15) is 18.5 Å². The first kappa shape index (κ1) is 26.1. The third-order valence-corrected chi connectivity index (χ3v) is 7.68. The van der Waals surface area contributed by atoms with Crippen molar-refractivity contribution in [2.24, 2.45) is 5.16 Å². The Hall–Kier alpha value is -4.52. The first-order valence-electron chi connectivity index (χ1n) is 12.2. The summed E-state index contributed by atoms with van der Waals surface area (Å²) in [5.41, 5.74) is 0.298. The molecule has 3 atom stereocenters. The maximum atomic E-state index is 13.4. The molecule has 1 saturated heterocycles. The van der Waals surface area contributed by atoms with Gasteiger partial charge >= 0.3 is 0 Å². The largest absolute Gasteiger partial charge is 0.543 e. The summed E-state index contributed by atoms with van der Waals surface area (Å²) in [5, 5.41) is 20.6. The van der Waals surface area contributed by atoms with E-state index in [2.05, 4.69) is 20.8 Å². The molecule has 1 aliphatic carbocycles. The Balaban J connectivity index is 1.36. The Bertz CT molecular complexity index is 1390. The van der Waals surface area contributed by atoms with Gasteiger partial charge < -0.3 is 25.4 Å². The molecule has 0 saturated carbocycles. The van der Waals surface area contributed by atoms with Crippen LogP contribution < -0.4 is 20.3 Å². The molecule has 2 aliphatic heterocycles.